The Kier molecular flexibility index (Phi) is 7.60. The first kappa shape index (κ1) is 17.3. The Morgan fingerprint density at radius 2 is 1.90 bits per heavy atom. The molecule has 6 nitrogen and oxygen atoms in total. The minimum absolute atomic E-state index is 0.00909. The molecular weight excluding hydrogens is 294 g/mol. The van der Waals surface area contributed by atoms with Crippen LogP contribution in [0, 0.1) is 10.1 Å². The quantitative estimate of drug-likeness (QED) is 0.303. The number of unbranched alkanes of at least 4 members (excludes halogenated alkanes) is 2. The van der Waals surface area contributed by atoms with Gasteiger partial charge in [0.2, 0.25) is 0 Å². The molecule has 0 spiro atoms. The van der Waals surface area contributed by atoms with Gasteiger partial charge in [-0.15, -0.1) is 0 Å². The van der Waals surface area contributed by atoms with Gasteiger partial charge in [0.25, 0.3) is 5.69 Å². The summed E-state index contributed by atoms with van der Waals surface area (Å²) in [5.74, 6) is 0.287. The van der Waals surface area contributed by atoms with Crippen LogP contribution >= 0.6 is 0 Å². The lowest BCUT2D eigenvalue weighted by Gasteiger charge is -2.03. The maximum atomic E-state index is 12.0. The number of rotatable bonds is 9. The van der Waals surface area contributed by atoms with Gasteiger partial charge in [-0.3, -0.25) is 19.1 Å². The highest BCUT2D eigenvalue weighted by molar-refractivity contribution is 7.85. The number of benzene rings is 1. The fraction of sp³-hybridized carbons (Fsp3) is 0.500. The molecule has 0 aliphatic carbocycles. The number of nitro groups is 1. The third kappa shape index (κ3) is 6.48. The number of hydrogen-bond donors (Lipinski definition) is 0. The van der Waals surface area contributed by atoms with Gasteiger partial charge in [-0.1, -0.05) is 6.42 Å². The lowest BCUT2D eigenvalue weighted by Crippen LogP contribution is -2.04. The molecule has 1 aromatic carbocycles. The second kappa shape index (κ2) is 9.23. The lowest BCUT2D eigenvalue weighted by atomic mass is 10.2. The molecule has 0 aliphatic rings. The third-order valence-corrected chi connectivity index (χ3v) is 4.28. The van der Waals surface area contributed by atoms with Crippen molar-refractivity contribution >= 4 is 22.5 Å². The maximum Gasteiger partial charge on any atom is 0.305 e. The zero-order valence-corrected chi connectivity index (χ0v) is 12.8. The van der Waals surface area contributed by atoms with Crippen LogP contribution in [0.5, 0.6) is 0 Å². The predicted molar refractivity (Wildman–Crippen MR) is 79.5 cm³/mol. The van der Waals surface area contributed by atoms with E-state index < -0.39 is 15.7 Å². The zero-order valence-electron chi connectivity index (χ0n) is 11.9. The molecule has 7 heteroatoms. The molecule has 21 heavy (non-hydrogen) atoms. The standard InChI is InChI=1S/C14H19NO5S/c1-2-20-14(16)6-4-3-5-11-21(19)13-9-7-12(8-10-13)15(17)18/h7-10H,2-6,11H2,1H3. The summed E-state index contributed by atoms with van der Waals surface area (Å²) < 4.78 is 16.8. The summed E-state index contributed by atoms with van der Waals surface area (Å²) in [4.78, 5) is 21.7. The van der Waals surface area contributed by atoms with Crippen LogP contribution in [0.25, 0.3) is 0 Å². The van der Waals surface area contributed by atoms with E-state index in [1.54, 1.807) is 6.92 Å². The van der Waals surface area contributed by atoms with Crippen LogP contribution in [0.4, 0.5) is 5.69 Å². The molecule has 116 valence electrons. The van der Waals surface area contributed by atoms with Gasteiger partial charge >= 0.3 is 5.97 Å². The summed E-state index contributed by atoms with van der Waals surface area (Å²) in [5.41, 5.74) is -0.00909. The van der Waals surface area contributed by atoms with Crippen molar-refractivity contribution in [3.8, 4) is 0 Å². The average molecular weight is 313 g/mol. The highest BCUT2D eigenvalue weighted by Crippen LogP contribution is 2.15. The Balaban J connectivity index is 2.27. The van der Waals surface area contributed by atoms with E-state index in [9.17, 15) is 19.1 Å². The van der Waals surface area contributed by atoms with E-state index in [0.29, 0.717) is 23.7 Å². The smallest absolute Gasteiger partial charge is 0.305 e. The summed E-state index contributed by atoms with van der Waals surface area (Å²) in [6, 6.07) is 5.75. The van der Waals surface area contributed by atoms with Crippen molar-refractivity contribution in [1.82, 2.24) is 0 Å². The number of carbonyl (C=O) groups is 1. The van der Waals surface area contributed by atoms with Crippen LogP contribution in [0.2, 0.25) is 0 Å². The second-order valence-electron chi connectivity index (χ2n) is 4.42. The Morgan fingerprint density at radius 1 is 1.24 bits per heavy atom. The van der Waals surface area contributed by atoms with Gasteiger partial charge in [0.05, 0.1) is 22.3 Å². The summed E-state index contributed by atoms with van der Waals surface area (Å²) in [6.45, 7) is 2.16. The number of hydrogen-bond acceptors (Lipinski definition) is 5. The normalized spacial score (nSPS) is 11.9. The first-order valence-corrected chi connectivity index (χ1v) is 8.15. The van der Waals surface area contributed by atoms with Crippen molar-refractivity contribution in [3.63, 3.8) is 0 Å². The molecule has 0 aromatic heterocycles. The van der Waals surface area contributed by atoms with E-state index in [-0.39, 0.29) is 11.7 Å². The van der Waals surface area contributed by atoms with Crippen molar-refractivity contribution in [3.05, 3.63) is 34.4 Å². The lowest BCUT2D eigenvalue weighted by molar-refractivity contribution is -0.384. The molecule has 0 aliphatic heterocycles. The fourth-order valence-corrected chi connectivity index (χ4v) is 2.89. The van der Waals surface area contributed by atoms with E-state index in [1.165, 1.54) is 24.3 Å². The van der Waals surface area contributed by atoms with Gasteiger partial charge in [0.15, 0.2) is 0 Å². The minimum atomic E-state index is -1.16. The summed E-state index contributed by atoms with van der Waals surface area (Å²) >= 11 is 0. The topological polar surface area (TPSA) is 86.5 Å². The summed E-state index contributed by atoms with van der Waals surface area (Å²) in [6.07, 6.45) is 2.65. The van der Waals surface area contributed by atoms with Gasteiger partial charge < -0.3 is 4.74 Å². The number of esters is 1. The first-order chi connectivity index (χ1) is 10.0. The molecule has 1 atom stereocenters. The Bertz CT molecular complexity index is 501. The number of nitro benzene ring substituents is 1. The van der Waals surface area contributed by atoms with Crippen LogP contribution in [0.1, 0.15) is 32.6 Å². The predicted octanol–water partition coefficient (Wildman–Crippen LogP) is 2.83. The first-order valence-electron chi connectivity index (χ1n) is 6.83. The molecular formula is C14H19NO5S. The fourth-order valence-electron chi connectivity index (χ4n) is 1.75. The van der Waals surface area contributed by atoms with Gasteiger partial charge in [0.1, 0.15) is 0 Å². The molecule has 0 N–H and O–H groups in total. The van der Waals surface area contributed by atoms with Gasteiger partial charge in [0, 0.05) is 29.2 Å². The molecule has 0 fully saturated rings. The van der Waals surface area contributed by atoms with Gasteiger partial charge in [-0.2, -0.15) is 0 Å². The van der Waals surface area contributed by atoms with Crippen molar-refractivity contribution in [2.45, 2.75) is 37.5 Å². The van der Waals surface area contributed by atoms with E-state index in [4.69, 9.17) is 4.74 Å². The number of nitrogens with zero attached hydrogens (tertiary/aromatic N) is 1. The molecule has 1 rings (SSSR count). The van der Waals surface area contributed by atoms with E-state index in [2.05, 4.69) is 0 Å². The maximum absolute atomic E-state index is 12.0. The van der Waals surface area contributed by atoms with E-state index in [0.717, 1.165) is 19.3 Å². The van der Waals surface area contributed by atoms with Crippen molar-refractivity contribution in [2.75, 3.05) is 12.4 Å². The molecule has 0 bridgehead atoms. The van der Waals surface area contributed by atoms with Gasteiger partial charge in [-0.25, -0.2) is 0 Å². The SMILES string of the molecule is CCOC(=O)CCCCCS(=O)c1ccc([N+](=O)[O-])cc1. The average Bonchev–Trinajstić information content (AvgIpc) is 2.47. The second-order valence-corrected chi connectivity index (χ2v) is 5.99. The van der Waals surface area contributed by atoms with Crippen molar-refractivity contribution in [2.24, 2.45) is 0 Å². The van der Waals surface area contributed by atoms with Crippen molar-refractivity contribution in [1.29, 1.82) is 0 Å². The highest BCUT2D eigenvalue weighted by atomic mass is 32.2. The number of ether oxygens (including phenoxy) is 1. The molecule has 0 saturated carbocycles. The van der Waals surface area contributed by atoms with Crippen LogP contribution < -0.4 is 0 Å². The van der Waals surface area contributed by atoms with E-state index >= 15 is 0 Å². The molecule has 1 unspecified atom stereocenters. The number of non-ortho nitro benzene ring substituents is 1. The zero-order chi connectivity index (χ0) is 15.7. The Labute approximate surface area is 126 Å². The molecule has 0 saturated heterocycles. The summed E-state index contributed by atoms with van der Waals surface area (Å²) in [5, 5.41) is 10.5. The van der Waals surface area contributed by atoms with Crippen LogP contribution in [-0.4, -0.2) is 27.5 Å². The molecule has 0 radical (unpaired) electrons. The van der Waals surface area contributed by atoms with Crippen LogP contribution in [0.3, 0.4) is 0 Å². The van der Waals surface area contributed by atoms with Crippen LogP contribution in [0.15, 0.2) is 29.2 Å². The minimum Gasteiger partial charge on any atom is -0.466 e. The molecule has 0 amide bonds. The van der Waals surface area contributed by atoms with Crippen LogP contribution in [-0.2, 0) is 20.3 Å². The Hall–Kier alpha value is -1.76. The number of carbonyl (C=O) groups excluding carboxylic acids is 1. The third-order valence-electron chi connectivity index (χ3n) is 2.83. The molecule has 0 heterocycles. The molecule has 1 aromatic rings. The summed E-state index contributed by atoms with van der Waals surface area (Å²) in [7, 11) is -1.16. The largest absolute Gasteiger partial charge is 0.466 e. The van der Waals surface area contributed by atoms with E-state index in [1.807, 2.05) is 0 Å². The van der Waals surface area contributed by atoms with Gasteiger partial charge in [-0.05, 0) is 31.9 Å². The highest BCUT2D eigenvalue weighted by Gasteiger charge is 2.08. The monoisotopic (exact) mass is 313 g/mol. The van der Waals surface area contributed by atoms with Crippen molar-refractivity contribution < 1.29 is 18.7 Å². The Morgan fingerprint density at radius 3 is 2.48 bits per heavy atom.